The number of aryl methyl sites for hydroxylation is 2. The second kappa shape index (κ2) is 10.0. The summed E-state index contributed by atoms with van der Waals surface area (Å²) in [5.41, 5.74) is 3.02. The first-order valence-electron chi connectivity index (χ1n) is 9.99. The number of carbonyl (C=O) groups is 3. The first-order chi connectivity index (χ1) is 15.2. The second-order valence-electron chi connectivity index (χ2n) is 7.52. The normalized spacial score (nSPS) is 15.5. The first kappa shape index (κ1) is 23.6. The molecule has 1 heterocycles. The number of carbonyl (C=O) groups excluding carboxylic acids is 3. The highest BCUT2D eigenvalue weighted by atomic mass is 79.9. The summed E-state index contributed by atoms with van der Waals surface area (Å²) in [4.78, 5) is 38.8. The number of rotatable bonds is 7. The van der Waals surface area contributed by atoms with Crippen molar-refractivity contribution in [2.75, 3.05) is 37.6 Å². The molecule has 0 aromatic heterocycles. The number of benzene rings is 2. The van der Waals surface area contributed by atoms with Crippen molar-refractivity contribution >= 4 is 45.1 Å². The fraction of sp³-hybridized carbons (Fsp3) is 0.348. The number of ether oxygens (including phenoxy) is 3. The molecule has 3 rings (SSSR count). The minimum Gasteiger partial charge on any atom is -0.497 e. The minimum absolute atomic E-state index is 0.00810. The van der Waals surface area contributed by atoms with Crippen LogP contribution < -0.4 is 19.7 Å². The van der Waals surface area contributed by atoms with Crippen molar-refractivity contribution in [1.29, 1.82) is 0 Å². The highest BCUT2D eigenvalue weighted by Gasteiger charge is 2.37. The molecule has 1 N–H and O–H groups in total. The molecule has 1 aliphatic rings. The van der Waals surface area contributed by atoms with Gasteiger partial charge in [0.05, 0.1) is 25.8 Å². The molecule has 2 amide bonds. The van der Waals surface area contributed by atoms with Crippen LogP contribution in [0.15, 0.2) is 34.8 Å². The summed E-state index contributed by atoms with van der Waals surface area (Å²) in [7, 11) is 3.03. The van der Waals surface area contributed by atoms with Crippen molar-refractivity contribution < 1.29 is 28.6 Å². The highest BCUT2D eigenvalue weighted by molar-refractivity contribution is 9.10. The van der Waals surface area contributed by atoms with Gasteiger partial charge in [0.15, 0.2) is 6.61 Å². The summed E-state index contributed by atoms with van der Waals surface area (Å²) in [5.74, 6) is -0.894. The maximum absolute atomic E-state index is 12.6. The summed E-state index contributed by atoms with van der Waals surface area (Å²) in [6.07, 6.45) is -0.00810. The van der Waals surface area contributed by atoms with E-state index in [0.29, 0.717) is 22.9 Å². The molecule has 1 fully saturated rings. The van der Waals surface area contributed by atoms with Gasteiger partial charge < -0.3 is 24.4 Å². The van der Waals surface area contributed by atoms with Crippen LogP contribution in [-0.2, 0) is 19.1 Å². The van der Waals surface area contributed by atoms with Crippen LogP contribution in [0.25, 0.3) is 0 Å². The average Bonchev–Trinajstić information content (AvgIpc) is 3.16. The summed E-state index contributed by atoms with van der Waals surface area (Å²) in [6, 6.07) is 8.85. The Morgan fingerprint density at radius 3 is 2.56 bits per heavy atom. The number of esters is 1. The smallest absolute Gasteiger partial charge is 0.311 e. The van der Waals surface area contributed by atoms with Crippen molar-refractivity contribution in [1.82, 2.24) is 0 Å². The molecule has 0 spiro atoms. The molecule has 2 aromatic carbocycles. The van der Waals surface area contributed by atoms with Gasteiger partial charge in [0.1, 0.15) is 11.5 Å². The number of hydrogen-bond acceptors (Lipinski definition) is 6. The Labute approximate surface area is 194 Å². The van der Waals surface area contributed by atoms with E-state index in [4.69, 9.17) is 14.2 Å². The van der Waals surface area contributed by atoms with Gasteiger partial charge >= 0.3 is 5.97 Å². The topological polar surface area (TPSA) is 94.2 Å². The molecule has 32 heavy (non-hydrogen) atoms. The maximum atomic E-state index is 12.6. The molecule has 0 saturated carbocycles. The molecule has 170 valence electrons. The van der Waals surface area contributed by atoms with Crippen molar-refractivity contribution in [3.05, 3.63) is 45.9 Å². The molecule has 0 bridgehead atoms. The molecule has 1 saturated heterocycles. The van der Waals surface area contributed by atoms with Gasteiger partial charge in [-0.1, -0.05) is 15.9 Å². The monoisotopic (exact) mass is 504 g/mol. The molecular formula is C23H25BrN2O6. The summed E-state index contributed by atoms with van der Waals surface area (Å²) in [5, 5.41) is 2.75. The van der Waals surface area contributed by atoms with Gasteiger partial charge in [-0.2, -0.15) is 0 Å². The molecule has 9 heteroatoms. The van der Waals surface area contributed by atoms with Crippen LogP contribution in [-0.4, -0.2) is 45.2 Å². The van der Waals surface area contributed by atoms with Gasteiger partial charge in [0.25, 0.3) is 5.91 Å². The van der Waals surface area contributed by atoms with E-state index >= 15 is 0 Å². The predicted molar refractivity (Wildman–Crippen MR) is 123 cm³/mol. The molecule has 1 aliphatic heterocycles. The zero-order valence-electron chi connectivity index (χ0n) is 18.4. The van der Waals surface area contributed by atoms with Crippen molar-refractivity contribution in [3.8, 4) is 11.5 Å². The lowest BCUT2D eigenvalue weighted by Gasteiger charge is -2.20. The van der Waals surface area contributed by atoms with Crippen molar-refractivity contribution in [2.45, 2.75) is 20.3 Å². The summed E-state index contributed by atoms with van der Waals surface area (Å²) in [6.45, 7) is 3.49. The van der Waals surface area contributed by atoms with Crippen molar-refractivity contribution in [3.63, 3.8) is 0 Å². The Balaban J connectivity index is 1.61. The Kier molecular flexibility index (Phi) is 7.40. The maximum Gasteiger partial charge on any atom is 0.311 e. The van der Waals surface area contributed by atoms with Gasteiger partial charge in [-0.15, -0.1) is 0 Å². The molecule has 2 aromatic rings. The van der Waals surface area contributed by atoms with E-state index in [1.807, 2.05) is 26.0 Å². The van der Waals surface area contributed by atoms with E-state index < -0.39 is 24.4 Å². The van der Waals surface area contributed by atoms with Gasteiger partial charge in [0.2, 0.25) is 5.91 Å². The number of amides is 2. The van der Waals surface area contributed by atoms with Gasteiger partial charge in [-0.05, 0) is 49.2 Å². The minimum atomic E-state index is -0.678. The Morgan fingerprint density at radius 1 is 1.12 bits per heavy atom. The third-order valence-corrected chi connectivity index (χ3v) is 6.11. The van der Waals surface area contributed by atoms with Crippen molar-refractivity contribution in [2.24, 2.45) is 5.92 Å². The van der Waals surface area contributed by atoms with Crippen LogP contribution in [0.1, 0.15) is 17.5 Å². The molecule has 8 nitrogen and oxygen atoms in total. The van der Waals surface area contributed by atoms with Gasteiger partial charge in [-0.3, -0.25) is 14.4 Å². The lowest BCUT2D eigenvalue weighted by molar-refractivity contribution is -0.151. The van der Waals surface area contributed by atoms with E-state index in [1.165, 1.54) is 19.1 Å². The van der Waals surface area contributed by atoms with Crippen LogP contribution >= 0.6 is 15.9 Å². The van der Waals surface area contributed by atoms with Gasteiger partial charge in [-0.25, -0.2) is 0 Å². The fourth-order valence-corrected chi connectivity index (χ4v) is 3.92. The molecular weight excluding hydrogens is 480 g/mol. The summed E-state index contributed by atoms with van der Waals surface area (Å²) >= 11 is 3.45. The quantitative estimate of drug-likeness (QED) is 0.578. The zero-order chi connectivity index (χ0) is 23.4. The third-order valence-electron chi connectivity index (χ3n) is 5.26. The van der Waals surface area contributed by atoms with E-state index in [-0.39, 0.29) is 18.9 Å². The number of halogens is 1. The standard InChI is InChI=1S/C23H25BrN2O6/c1-13-8-18(14(2)7-17(13)24)25-21(27)12-32-23(29)15-9-22(28)26(11-15)19-10-16(30-3)5-6-20(19)31-4/h5-8,10,15H,9,11-12H2,1-4H3,(H,25,27)/t15-/m1/s1. The number of nitrogens with zero attached hydrogens (tertiary/aromatic N) is 1. The number of anilines is 2. The Hall–Kier alpha value is -3.07. The van der Waals surface area contributed by atoms with Gasteiger partial charge in [0, 0.05) is 29.2 Å². The van der Waals surface area contributed by atoms with Crippen LogP contribution in [0.4, 0.5) is 11.4 Å². The van der Waals surface area contributed by atoms with Crippen LogP contribution in [0.2, 0.25) is 0 Å². The molecule has 1 atom stereocenters. The highest BCUT2D eigenvalue weighted by Crippen LogP contribution is 2.36. The largest absolute Gasteiger partial charge is 0.497 e. The fourth-order valence-electron chi connectivity index (χ4n) is 3.46. The predicted octanol–water partition coefficient (Wildman–Crippen LogP) is 3.62. The zero-order valence-corrected chi connectivity index (χ0v) is 19.9. The van der Waals surface area contributed by atoms with E-state index in [1.54, 1.807) is 18.2 Å². The SMILES string of the molecule is COc1ccc(OC)c(N2C[C@H](C(=O)OCC(=O)Nc3cc(C)c(Br)cc3C)CC2=O)c1. The molecule has 0 unspecified atom stereocenters. The van der Waals surface area contributed by atoms with Crippen LogP contribution in [0, 0.1) is 19.8 Å². The number of nitrogens with one attached hydrogen (secondary N) is 1. The third kappa shape index (κ3) is 5.21. The van der Waals surface area contributed by atoms with E-state index in [2.05, 4.69) is 21.2 Å². The van der Waals surface area contributed by atoms with Crippen LogP contribution in [0.3, 0.4) is 0 Å². The molecule has 0 aliphatic carbocycles. The Bertz CT molecular complexity index is 1060. The lowest BCUT2D eigenvalue weighted by atomic mass is 10.1. The molecule has 0 radical (unpaired) electrons. The lowest BCUT2D eigenvalue weighted by Crippen LogP contribution is -2.28. The van der Waals surface area contributed by atoms with E-state index in [0.717, 1.165) is 15.6 Å². The first-order valence-corrected chi connectivity index (χ1v) is 10.8. The van der Waals surface area contributed by atoms with E-state index in [9.17, 15) is 14.4 Å². The second-order valence-corrected chi connectivity index (χ2v) is 8.37. The average molecular weight is 505 g/mol. The number of hydrogen-bond donors (Lipinski definition) is 1. The number of methoxy groups -OCH3 is 2. The summed E-state index contributed by atoms with van der Waals surface area (Å²) < 4.78 is 16.7. The van der Waals surface area contributed by atoms with Crippen LogP contribution in [0.5, 0.6) is 11.5 Å². The Morgan fingerprint density at radius 2 is 1.88 bits per heavy atom.